The summed E-state index contributed by atoms with van der Waals surface area (Å²) < 4.78 is 94.5. The van der Waals surface area contributed by atoms with E-state index in [0.29, 0.717) is 6.08 Å². The number of fused-ring (bicyclic) bond motifs is 1. The predicted octanol–water partition coefficient (Wildman–Crippen LogP) is 8.60. The third-order valence-corrected chi connectivity index (χ3v) is 6.74. The fourth-order valence-electron chi connectivity index (χ4n) is 3.86. The zero-order valence-electron chi connectivity index (χ0n) is 20.2. The van der Waals surface area contributed by atoms with Crippen molar-refractivity contribution in [1.29, 1.82) is 0 Å². The summed E-state index contributed by atoms with van der Waals surface area (Å²) in [6.45, 7) is 1.23. The van der Waals surface area contributed by atoms with Crippen molar-refractivity contribution < 1.29 is 40.3 Å². The second-order valence-corrected chi connectivity index (χ2v) is 9.79. The van der Waals surface area contributed by atoms with E-state index in [1.54, 1.807) is 0 Å². The van der Waals surface area contributed by atoms with Crippen LogP contribution in [0.25, 0.3) is 16.6 Å². The molecule has 0 saturated carbocycles. The molecule has 14 heteroatoms. The van der Waals surface area contributed by atoms with Crippen LogP contribution >= 0.6 is 34.8 Å². The minimum Gasteiger partial charge on any atom is -0.336 e. The monoisotopic (exact) mass is 628 g/mol. The number of hydrogen-bond acceptors (Lipinski definition) is 2. The van der Waals surface area contributed by atoms with Crippen molar-refractivity contribution in [3.63, 3.8) is 0 Å². The maximum Gasteiger partial charge on any atom is 0.399 e. The highest BCUT2D eigenvalue weighted by Gasteiger charge is 2.40. The van der Waals surface area contributed by atoms with Crippen LogP contribution in [0.4, 0.5) is 30.7 Å². The topological polar surface area (TPSA) is 58.2 Å². The molecule has 4 nitrogen and oxygen atoms in total. The Morgan fingerprint density at radius 2 is 1.40 bits per heavy atom. The fraction of sp³-hybridized carbons (Fsp3) is 0.231. The van der Waals surface area contributed by atoms with Gasteiger partial charge in [0, 0.05) is 11.1 Å². The summed E-state index contributed by atoms with van der Waals surface area (Å²) >= 11 is 17.6. The number of alkyl halides is 6. The third kappa shape index (κ3) is 7.80. The van der Waals surface area contributed by atoms with Crippen molar-refractivity contribution in [3.8, 4) is 0 Å². The summed E-state index contributed by atoms with van der Waals surface area (Å²) in [5, 5.41) is 3.84. The molecule has 0 radical (unpaired) electrons. The molecular formula is C26H18Cl3F7N2O2. The Morgan fingerprint density at radius 3 is 1.93 bits per heavy atom. The molecule has 3 rings (SSSR count). The van der Waals surface area contributed by atoms with Gasteiger partial charge >= 0.3 is 12.4 Å². The van der Waals surface area contributed by atoms with Gasteiger partial charge in [-0.05, 0) is 47.5 Å². The van der Waals surface area contributed by atoms with Crippen LogP contribution in [0, 0.1) is 0 Å². The van der Waals surface area contributed by atoms with E-state index >= 15 is 4.39 Å². The van der Waals surface area contributed by atoms with Gasteiger partial charge in [-0.15, -0.1) is 0 Å². The van der Waals surface area contributed by atoms with Gasteiger partial charge in [-0.2, -0.15) is 26.3 Å². The molecule has 0 aliphatic rings. The van der Waals surface area contributed by atoms with Crippen LogP contribution in [0.2, 0.25) is 15.1 Å². The first-order valence-electron chi connectivity index (χ1n) is 11.3. The Kier molecular flexibility index (Phi) is 9.64. The lowest BCUT2D eigenvalue weighted by Crippen LogP contribution is -2.46. The minimum atomic E-state index is -4.94. The van der Waals surface area contributed by atoms with E-state index in [0.717, 1.165) is 24.3 Å². The maximum absolute atomic E-state index is 15.5. The van der Waals surface area contributed by atoms with Gasteiger partial charge in [-0.3, -0.25) is 9.59 Å². The Labute approximate surface area is 238 Å². The Morgan fingerprint density at radius 1 is 0.875 bits per heavy atom. The largest absolute Gasteiger partial charge is 0.399 e. The van der Waals surface area contributed by atoms with Gasteiger partial charge in [0.15, 0.2) is 0 Å². The smallest absolute Gasteiger partial charge is 0.336 e. The van der Waals surface area contributed by atoms with Crippen LogP contribution in [-0.4, -0.2) is 30.3 Å². The average molecular weight is 630 g/mol. The van der Waals surface area contributed by atoms with Crippen LogP contribution in [0.3, 0.4) is 0 Å². The van der Waals surface area contributed by atoms with Gasteiger partial charge in [-0.1, -0.05) is 65.1 Å². The van der Waals surface area contributed by atoms with Crippen molar-refractivity contribution in [2.75, 3.05) is 0 Å². The van der Waals surface area contributed by atoms with Gasteiger partial charge in [-0.25, -0.2) is 4.39 Å². The van der Waals surface area contributed by atoms with E-state index in [1.807, 2.05) is 5.32 Å². The van der Waals surface area contributed by atoms with Gasteiger partial charge in [0.1, 0.15) is 18.2 Å². The zero-order chi connectivity index (χ0) is 30.0. The number of carbonyl (C=O) groups excluding carboxylic acids is 2. The molecule has 0 aliphatic carbocycles. The minimum absolute atomic E-state index is 0.0623. The average Bonchev–Trinajstić information content (AvgIpc) is 2.82. The molecule has 0 aromatic heterocycles. The van der Waals surface area contributed by atoms with Crippen molar-refractivity contribution in [3.05, 3.63) is 86.4 Å². The summed E-state index contributed by atoms with van der Waals surface area (Å²) in [6.07, 6.45) is -12.3. The zero-order valence-corrected chi connectivity index (χ0v) is 22.4. The van der Waals surface area contributed by atoms with Crippen LogP contribution in [-0.2, 0) is 4.79 Å². The maximum atomic E-state index is 15.5. The van der Waals surface area contributed by atoms with E-state index in [4.69, 9.17) is 34.8 Å². The van der Waals surface area contributed by atoms with Gasteiger partial charge < -0.3 is 10.6 Å². The van der Waals surface area contributed by atoms with E-state index < -0.39 is 54.1 Å². The molecule has 3 aromatic rings. The first-order valence-corrected chi connectivity index (χ1v) is 12.4. The third-order valence-electron chi connectivity index (χ3n) is 5.54. The van der Waals surface area contributed by atoms with Crippen LogP contribution in [0.1, 0.15) is 40.7 Å². The summed E-state index contributed by atoms with van der Waals surface area (Å²) in [7, 11) is 0. The highest BCUT2D eigenvalue weighted by molar-refractivity contribution is 6.48. The molecule has 2 atom stereocenters. The molecular weight excluding hydrogens is 612 g/mol. The summed E-state index contributed by atoms with van der Waals surface area (Å²) in [4.78, 5) is 24.3. The molecule has 0 bridgehead atoms. The molecule has 0 saturated heterocycles. The number of halogens is 10. The second kappa shape index (κ2) is 12.2. The first kappa shape index (κ1) is 31.5. The summed E-state index contributed by atoms with van der Waals surface area (Å²) in [5.41, 5.74) is -0.782. The molecule has 214 valence electrons. The number of hydrogen-bond donors (Lipinski definition) is 2. The molecule has 2 amide bonds. The Hall–Kier alpha value is -3.02. The van der Waals surface area contributed by atoms with Gasteiger partial charge in [0.05, 0.1) is 21.2 Å². The summed E-state index contributed by atoms with van der Waals surface area (Å²) in [5.74, 6) is -5.91. The predicted molar refractivity (Wildman–Crippen MR) is 139 cm³/mol. The lowest BCUT2D eigenvalue weighted by molar-refractivity contribution is -0.154. The standard InChI is InChI=1S/C26H18Cl3F7N2O2/c1-12(37-22(39)11-25(31,32)33)38-24(40)17-7-6-16(14-4-2-3-5-15(14)17)21(30)10-18(26(34,35)36)13-8-19(27)23(29)20(28)9-13/h2-10,12,18H,11H2,1H3,(H,37,39)(H,38,40)/b21-10-/t12-,18?/m1/s1. The fourth-order valence-corrected chi connectivity index (χ4v) is 4.47. The van der Waals surface area contributed by atoms with Crippen molar-refractivity contribution in [2.45, 2.75) is 37.8 Å². The Bertz CT molecular complexity index is 1450. The number of rotatable bonds is 7. The van der Waals surface area contributed by atoms with E-state index in [-0.39, 0.29) is 37.0 Å². The van der Waals surface area contributed by atoms with E-state index in [9.17, 15) is 35.9 Å². The van der Waals surface area contributed by atoms with Crippen molar-refractivity contribution in [2.24, 2.45) is 0 Å². The molecule has 3 aromatic carbocycles. The molecule has 0 fully saturated rings. The summed E-state index contributed by atoms with van der Waals surface area (Å²) in [6, 6.07) is 9.84. The lowest BCUT2D eigenvalue weighted by Gasteiger charge is -2.19. The first-order chi connectivity index (χ1) is 18.5. The van der Waals surface area contributed by atoms with Gasteiger partial charge in [0.25, 0.3) is 5.91 Å². The van der Waals surface area contributed by atoms with Crippen LogP contribution < -0.4 is 10.6 Å². The number of carbonyl (C=O) groups is 2. The number of allylic oxidation sites excluding steroid dienone is 1. The number of nitrogens with one attached hydrogen (secondary N) is 2. The van der Waals surface area contributed by atoms with Crippen LogP contribution in [0.5, 0.6) is 0 Å². The molecule has 0 heterocycles. The SMILES string of the molecule is C[C@H](NC(=O)CC(F)(F)F)NC(=O)c1ccc(/C(F)=C/C(c2cc(Cl)c(Cl)c(Cl)c2)C(F)(F)F)c2ccccc12. The molecule has 40 heavy (non-hydrogen) atoms. The lowest BCUT2D eigenvalue weighted by atomic mass is 9.94. The molecule has 0 spiro atoms. The highest BCUT2D eigenvalue weighted by Crippen LogP contribution is 2.42. The number of amides is 2. The van der Waals surface area contributed by atoms with E-state index in [2.05, 4.69) is 5.32 Å². The quantitative estimate of drug-likeness (QED) is 0.156. The van der Waals surface area contributed by atoms with Crippen LogP contribution in [0.15, 0.2) is 54.6 Å². The van der Waals surface area contributed by atoms with E-state index in [1.165, 1.54) is 31.2 Å². The number of benzene rings is 3. The highest BCUT2D eigenvalue weighted by atomic mass is 35.5. The molecule has 0 aliphatic heterocycles. The van der Waals surface area contributed by atoms with Crippen molar-refractivity contribution >= 4 is 63.2 Å². The van der Waals surface area contributed by atoms with Crippen molar-refractivity contribution in [1.82, 2.24) is 10.6 Å². The molecule has 2 N–H and O–H groups in total. The van der Waals surface area contributed by atoms with Gasteiger partial charge in [0.2, 0.25) is 5.91 Å². The molecule has 1 unspecified atom stereocenters. The Balaban J connectivity index is 1.97. The normalized spacial score (nSPS) is 14.1. The second-order valence-electron chi connectivity index (χ2n) is 8.59.